The van der Waals surface area contributed by atoms with Gasteiger partial charge in [-0.15, -0.1) is 6.61 Å². The molecule has 0 fully saturated rings. The van der Waals surface area contributed by atoms with Crippen LogP contribution in [0.4, 0.5) is 0 Å². The maximum absolute atomic E-state index is 11.3. The zero-order valence-corrected chi connectivity index (χ0v) is 18.5. The summed E-state index contributed by atoms with van der Waals surface area (Å²) in [6, 6.07) is 0. The molecule has 0 saturated heterocycles. The maximum Gasteiger partial charge on any atom is 0.453 e. The van der Waals surface area contributed by atoms with Gasteiger partial charge in [-0.3, -0.25) is 0 Å². The Balaban J connectivity index is 0. The summed E-state index contributed by atoms with van der Waals surface area (Å²) in [5.74, 6) is 0. The van der Waals surface area contributed by atoms with Crippen molar-refractivity contribution in [2.24, 2.45) is 0 Å². The molecule has 1 atom stereocenters. The Labute approximate surface area is 165 Å². The third-order valence-electron chi connectivity index (χ3n) is 3.63. The Bertz CT molecular complexity index is 403. The van der Waals surface area contributed by atoms with Crippen LogP contribution in [0.25, 0.3) is 0 Å². The summed E-state index contributed by atoms with van der Waals surface area (Å²) in [4.78, 5) is 9.19. The first-order valence-electron chi connectivity index (χ1n) is 10.1. The first-order valence-corrected chi connectivity index (χ1v) is 11.4. The molecule has 8 nitrogen and oxygen atoms in total. The maximum atomic E-state index is 11.3. The third kappa shape index (κ3) is 23.7. The first-order chi connectivity index (χ1) is 12.7. The second-order valence-corrected chi connectivity index (χ2v) is 7.79. The van der Waals surface area contributed by atoms with E-state index >= 15 is 0 Å². The van der Waals surface area contributed by atoms with Gasteiger partial charge in [-0.2, -0.15) is 13.3 Å². The average molecular weight is 416 g/mol. The van der Waals surface area contributed by atoms with Gasteiger partial charge in [-0.05, 0) is 13.3 Å². The van der Waals surface area contributed by atoms with Crippen molar-refractivity contribution >= 4 is 10.4 Å². The lowest BCUT2D eigenvalue weighted by Gasteiger charge is -2.18. The Morgan fingerprint density at radius 3 is 1.74 bits per heavy atom. The van der Waals surface area contributed by atoms with E-state index in [1.165, 1.54) is 51.4 Å². The summed E-state index contributed by atoms with van der Waals surface area (Å²) in [7, 11) is -4.31. The molecule has 0 rings (SSSR count). The Hall–Kier alpha value is -0.290. The van der Waals surface area contributed by atoms with Crippen LogP contribution in [0.2, 0.25) is 0 Å². The van der Waals surface area contributed by atoms with Crippen LogP contribution in [0.1, 0.15) is 98.3 Å². The molecule has 0 spiro atoms. The van der Waals surface area contributed by atoms with Gasteiger partial charge in [0.1, 0.15) is 0 Å². The lowest BCUT2D eigenvalue weighted by Crippen LogP contribution is -2.72. The van der Waals surface area contributed by atoms with Crippen LogP contribution in [-0.2, 0) is 28.8 Å². The molecule has 0 aromatic heterocycles. The van der Waals surface area contributed by atoms with E-state index in [0.29, 0.717) is 6.42 Å². The molecule has 0 aliphatic carbocycles. The topological polar surface area (TPSA) is 122 Å². The van der Waals surface area contributed by atoms with E-state index in [1.807, 2.05) is 0 Å². The largest absolute Gasteiger partial charge is 0.855 e. The van der Waals surface area contributed by atoms with Gasteiger partial charge in [0.25, 0.3) is 0 Å². The molecule has 0 bridgehead atoms. The summed E-state index contributed by atoms with van der Waals surface area (Å²) in [6.45, 7) is 7.15. The molecule has 0 aliphatic rings. The van der Waals surface area contributed by atoms with Crippen LogP contribution in [0.3, 0.4) is 0 Å². The molecule has 9 heteroatoms. The SMILES string of the molecule is CCCCCCCCCCCCC(C)([NH3+])OOS(=O)(=O)OOCC.CC[O-]. The van der Waals surface area contributed by atoms with Gasteiger partial charge >= 0.3 is 10.4 Å². The van der Waals surface area contributed by atoms with E-state index in [2.05, 4.69) is 26.2 Å². The average Bonchev–Trinajstić information content (AvgIpc) is 2.61. The number of hydrogen-bond acceptors (Lipinski definition) is 7. The first kappa shape index (κ1) is 28.9. The lowest BCUT2D eigenvalue weighted by molar-refractivity contribution is -0.598. The van der Waals surface area contributed by atoms with Gasteiger partial charge in [0.15, 0.2) is 0 Å². The summed E-state index contributed by atoms with van der Waals surface area (Å²) in [5, 5.41) is 8.93. The number of quaternary nitrogens is 1. The van der Waals surface area contributed by atoms with Crippen molar-refractivity contribution in [1.82, 2.24) is 0 Å². The van der Waals surface area contributed by atoms with Crippen molar-refractivity contribution in [3.8, 4) is 0 Å². The van der Waals surface area contributed by atoms with Crippen molar-refractivity contribution in [1.29, 1.82) is 0 Å². The molecule has 27 heavy (non-hydrogen) atoms. The fourth-order valence-electron chi connectivity index (χ4n) is 2.27. The Morgan fingerprint density at radius 1 is 0.852 bits per heavy atom. The summed E-state index contributed by atoms with van der Waals surface area (Å²) in [5.41, 5.74) is 2.88. The zero-order valence-electron chi connectivity index (χ0n) is 17.7. The van der Waals surface area contributed by atoms with E-state index in [9.17, 15) is 8.42 Å². The molecule has 0 aliphatic heterocycles. The van der Waals surface area contributed by atoms with E-state index in [-0.39, 0.29) is 13.2 Å². The summed E-state index contributed by atoms with van der Waals surface area (Å²) in [6.07, 6.45) is 12.9. The highest BCUT2D eigenvalue weighted by Gasteiger charge is 2.28. The van der Waals surface area contributed by atoms with Gasteiger partial charge in [0.2, 0.25) is 5.72 Å². The highest BCUT2D eigenvalue weighted by Crippen LogP contribution is 2.16. The smallest absolute Gasteiger partial charge is 0.453 e. The predicted octanol–water partition coefficient (Wildman–Crippen LogP) is 2.78. The minimum absolute atomic E-state index is 0. The molecule has 0 aromatic rings. The number of hydrogen-bond donors (Lipinski definition) is 1. The van der Waals surface area contributed by atoms with Gasteiger partial charge in [0, 0.05) is 13.3 Å². The molecule has 0 amide bonds. The minimum atomic E-state index is -4.31. The van der Waals surface area contributed by atoms with Crippen LogP contribution in [-0.4, -0.2) is 27.4 Å². The molecule has 0 saturated carbocycles. The summed E-state index contributed by atoms with van der Waals surface area (Å²) < 4.78 is 30.9. The van der Waals surface area contributed by atoms with Crippen LogP contribution in [0.15, 0.2) is 0 Å². The Kier molecular flexibility index (Phi) is 20.4. The Morgan fingerprint density at radius 2 is 1.30 bits per heavy atom. The summed E-state index contributed by atoms with van der Waals surface area (Å²) >= 11 is 0. The molecular weight excluding hydrogens is 374 g/mol. The standard InChI is InChI=1S/C16H35NO6S.C2H5O/c1-4-6-7-8-9-10-11-12-13-14-15-16(3,17)21-23-24(18,19)22-20-5-2;1-2-3/h4-15,17H2,1-3H3;2H2,1H3/q;-1/p+1. The molecule has 166 valence electrons. The van der Waals surface area contributed by atoms with Crippen molar-refractivity contribution in [2.75, 3.05) is 13.2 Å². The fraction of sp³-hybridized carbons (Fsp3) is 1.00. The van der Waals surface area contributed by atoms with Crippen LogP contribution in [0, 0.1) is 0 Å². The molecule has 3 N–H and O–H groups in total. The van der Waals surface area contributed by atoms with E-state index < -0.39 is 16.1 Å². The highest BCUT2D eigenvalue weighted by atomic mass is 32.3. The van der Waals surface area contributed by atoms with E-state index in [4.69, 9.17) is 9.99 Å². The fourth-order valence-corrected chi connectivity index (χ4v) is 2.75. The van der Waals surface area contributed by atoms with Crippen LogP contribution in [0.5, 0.6) is 0 Å². The van der Waals surface area contributed by atoms with Crippen molar-refractivity contribution in [3.63, 3.8) is 0 Å². The van der Waals surface area contributed by atoms with Gasteiger partial charge in [0.05, 0.1) is 6.61 Å². The van der Waals surface area contributed by atoms with Crippen molar-refractivity contribution < 1.29 is 37.7 Å². The quantitative estimate of drug-likeness (QED) is 0.168. The van der Waals surface area contributed by atoms with Crippen LogP contribution < -0.4 is 10.8 Å². The van der Waals surface area contributed by atoms with Gasteiger partial charge in [-0.1, -0.05) is 80.3 Å². The lowest BCUT2D eigenvalue weighted by atomic mass is 10.0. The van der Waals surface area contributed by atoms with Gasteiger partial charge < -0.3 is 10.8 Å². The second kappa shape index (κ2) is 19.0. The molecule has 0 heterocycles. The zero-order chi connectivity index (χ0) is 21.0. The van der Waals surface area contributed by atoms with Crippen molar-refractivity contribution in [3.05, 3.63) is 0 Å². The normalized spacial score (nSPS) is 13.7. The van der Waals surface area contributed by atoms with Crippen molar-refractivity contribution in [2.45, 2.75) is 104 Å². The minimum Gasteiger partial charge on any atom is -0.855 e. The molecular formula is C18H41NO7S. The van der Waals surface area contributed by atoms with Gasteiger partial charge in [-0.25, -0.2) is 4.89 Å². The molecule has 1 unspecified atom stereocenters. The highest BCUT2D eigenvalue weighted by molar-refractivity contribution is 7.81. The monoisotopic (exact) mass is 415 g/mol. The second-order valence-electron chi connectivity index (χ2n) is 6.70. The van der Waals surface area contributed by atoms with E-state index in [0.717, 1.165) is 12.8 Å². The molecule has 0 aromatic carbocycles. The third-order valence-corrected chi connectivity index (χ3v) is 4.12. The van der Waals surface area contributed by atoms with E-state index in [1.54, 1.807) is 20.8 Å². The number of rotatable bonds is 17. The molecule has 0 radical (unpaired) electrons. The predicted molar refractivity (Wildman–Crippen MR) is 102 cm³/mol. The number of unbranched alkanes of at least 4 members (excludes halogenated alkanes) is 9. The van der Waals surface area contributed by atoms with Crippen LogP contribution >= 0.6 is 0 Å².